The highest BCUT2D eigenvalue weighted by atomic mass is 16.4. The molecule has 0 saturated carbocycles. The molecular formula is C18H21N5O3. The number of hydrogen-bond acceptors (Lipinski definition) is 5. The predicted octanol–water partition coefficient (Wildman–Crippen LogP) is 1.93. The molecule has 0 unspecified atom stereocenters. The Kier molecular flexibility index (Phi) is 5.52. The summed E-state index contributed by atoms with van der Waals surface area (Å²) >= 11 is 0. The summed E-state index contributed by atoms with van der Waals surface area (Å²) in [5.41, 5.74) is 2.48. The van der Waals surface area contributed by atoms with Crippen molar-refractivity contribution >= 4 is 29.1 Å². The Morgan fingerprint density at radius 2 is 1.58 bits per heavy atom. The van der Waals surface area contributed by atoms with Crippen LogP contribution in [0.1, 0.15) is 0 Å². The third-order valence-electron chi connectivity index (χ3n) is 4.17. The molecule has 1 aliphatic heterocycles. The molecule has 0 spiro atoms. The van der Waals surface area contributed by atoms with Crippen molar-refractivity contribution in [1.29, 1.82) is 0 Å². The summed E-state index contributed by atoms with van der Waals surface area (Å²) in [7, 11) is 0. The molecule has 0 radical (unpaired) electrons. The van der Waals surface area contributed by atoms with E-state index in [2.05, 4.69) is 20.5 Å². The van der Waals surface area contributed by atoms with E-state index in [0.29, 0.717) is 24.5 Å². The van der Waals surface area contributed by atoms with Crippen molar-refractivity contribution in [3.05, 3.63) is 48.8 Å². The molecule has 136 valence electrons. The maximum Gasteiger partial charge on any atom is 0.322 e. The molecule has 8 nitrogen and oxygen atoms in total. The van der Waals surface area contributed by atoms with Crippen LogP contribution in [0.5, 0.6) is 0 Å². The van der Waals surface area contributed by atoms with Crippen LogP contribution in [0.15, 0.2) is 48.8 Å². The molecule has 2 heterocycles. The number of carboxylic acids is 1. The van der Waals surface area contributed by atoms with Crippen LogP contribution in [0, 0.1) is 0 Å². The number of urea groups is 1. The molecule has 2 amide bonds. The second-order valence-corrected chi connectivity index (χ2v) is 5.93. The van der Waals surface area contributed by atoms with Gasteiger partial charge in [-0.15, -0.1) is 0 Å². The molecule has 0 atom stereocenters. The number of carbonyl (C=O) groups is 2. The molecule has 0 bridgehead atoms. The van der Waals surface area contributed by atoms with E-state index in [0.717, 1.165) is 18.8 Å². The average Bonchev–Trinajstić information content (AvgIpc) is 2.68. The topological polar surface area (TPSA) is 97.8 Å². The van der Waals surface area contributed by atoms with Crippen LogP contribution in [0.25, 0.3) is 0 Å². The molecule has 1 aromatic carbocycles. The van der Waals surface area contributed by atoms with Gasteiger partial charge in [0.2, 0.25) is 0 Å². The van der Waals surface area contributed by atoms with Crippen LogP contribution in [0.4, 0.5) is 21.9 Å². The lowest BCUT2D eigenvalue weighted by Gasteiger charge is -2.36. The Morgan fingerprint density at radius 3 is 2.19 bits per heavy atom. The highest BCUT2D eigenvalue weighted by Crippen LogP contribution is 2.17. The monoisotopic (exact) mass is 355 g/mol. The molecule has 0 aliphatic carbocycles. The van der Waals surface area contributed by atoms with Crippen molar-refractivity contribution in [2.24, 2.45) is 0 Å². The number of aromatic nitrogens is 1. The average molecular weight is 355 g/mol. The van der Waals surface area contributed by atoms with Gasteiger partial charge in [0.15, 0.2) is 0 Å². The first-order valence-corrected chi connectivity index (χ1v) is 8.38. The van der Waals surface area contributed by atoms with Gasteiger partial charge in [0.05, 0.1) is 0 Å². The largest absolute Gasteiger partial charge is 0.480 e. The van der Waals surface area contributed by atoms with Crippen LogP contribution >= 0.6 is 0 Å². The van der Waals surface area contributed by atoms with Gasteiger partial charge in [0.25, 0.3) is 0 Å². The van der Waals surface area contributed by atoms with Gasteiger partial charge in [-0.25, -0.2) is 4.79 Å². The molecule has 26 heavy (non-hydrogen) atoms. The third-order valence-corrected chi connectivity index (χ3v) is 4.17. The molecule has 3 N–H and O–H groups in total. The van der Waals surface area contributed by atoms with Crippen molar-refractivity contribution in [3.8, 4) is 0 Å². The van der Waals surface area contributed by atoms with E-state index in [1.54, 1.807) is 41.6 Å². The normalized spacial score (nSPS) is 14.0. The van der Waals surface area contributed by atoms with Crippen LogP contribution in [-0.2, 0) is 4.79 Å². The minimum absolute atomic E-state index is 0.134. The Morgan fingerprint density at radius 1 is 0.962 bits per heavy atom. The molecule has 3 rings (SSSR count). The SMILES string of the molecule is O=C(O)CNc1ccc(NC(=O)N2CCN(c3ccncc3)CC2)cc1. The zero-order chi connectivity index (χ0) is 18.4. The Labute approximate surface area is 151 Å². The smallest absolute Gasteiger partial charge is 0.322 e. The number of hydrogen-bond donors (Lipinski definition) is 3. The van der Waals surface area contributed by atoms with Crippen molar-refractivity contribution in [2.75, 3.05) is 48.3 Å². The number of carbonyl (C=O) groups excluding carboxylic acids is 1. The van der Waals surface area contributed by atoms with E-state index in [-0.39, 0.29) is 12.6 Å². The minimum Gasteiger partial charge on any atom is -0.480 e. The molecule has 1 aliphatic rings. The maximum absolute atomic E-state index is 12.4. The quantitative estimate of drug-likeness (QED) is 0.758. The lowest BCUT2D eigenvalue weighted by Crippen LogP contribution is -2.50. The van der Waals surface area contributed by atoms with Gasteiger partial charge in [-0.1, -0.05) is 0 Å². The van der Waals surface area contributed by atoms with E-state index in [9.17, 15) is 9.59 Å². The van der Waals surface area contributed by atoms with E-state index >= 15 is 0 Å². The molecule has 1 aromatic heterocycles. The molecule has 1 saturated heterocycles. The molecule has 1 fully saturated rings. The Bertz CT molecular complexity index is 743. The van der Waals surface area contributed by atoms with Crippen LogP contribution in [0.2, 0.25) is 0 Å². The first-order chi connectivity index (χ1) is 12.6. The number of rotatable bonds is 5. The van der Waals surface area contributed by atoms with Crippen LogP contribution in [-0.4, -0.2) is 59.7 Å². The van der Waals surface area contributed by atoms with E-state index in [1.165, 1.54) is 0 Å². The van der Waals surface area contributed by atoms with E-state index in [1.807, 2.05) is 12.1 Å². The molecule has 2 aromatic rings. The van der Waals surface area contributed by atoms with Gasteiger partial charge < -0.3 is 25.5 Å². The summed E-state index contributed by atoms with van der Waals surface area (Å²) < 4.78 is 0. The van der Waals surface area contributed by atoms with Gasteiger partial charge >= 0.3 is 12.0 Å². The van der Waals surface area contributed by atoms with E-state index in [4.69, 9.17) is 5.11 Å². The van der Waals surface area contributed by atoms with E-state index < -0.39 is 5.97 Å². The number of piperazine rings is 1. The number of pyridine rings is 1. The number of aliphatic carboxylic acids is 1. The second kappa shape index (κ2) is 8.19. The van der Waals surface area contributed by atoms with Crippen molar-refractivity contribution < 1.29 is 14.7 Å². The number of benzene rings is 1. The summed E-state index contributed by atoms with van der Waals surface area (Å²) in [6, 6.07) is 10.8. The highest BCUT2D eigenvalue weighted by Gasteiger charge is 2.21. The number of amides is 2. The Balaban J connectivity index is 1.49. The minimum atomic E-state index is -0.923. The zero-order valence-electron chi connectivity index (χ0n) is 14.3. The number of carboxylic acid groups (broad SMARTS) is 1. The highest BCUT2D eigenvalue weighted by molar-refractivity contribution is 5.89. The summed E-state index contributed by atoms with van der Waals surface area (Å²) in [6.45, 7) is 2.69. The lowest BCUT2D eigenvalue weighted by atomic mass is 10.2. The van der Waals surface area contributed by atoms with Crippen molar-refractivity contribution in [1.82, 2.24) is 9.88 Å². The Hall–Kier alpha value is -3.29. The second-order valence-electron chi connectivity index (χ2n) is 5.93. The lowest BCUT2D eigenvalue weighted by molar-refractivity contribution is -0.134. The van der Waals surface area contributed by atoms with Gasteiger partial charge in [0, 0.05) is 55.6 Å². The summed E-state index contributed by atoms with van der Waals surface area (Å²) in [5.74, 6) is -0.923. The first kappa shape index (κ1) is 17.5. The fourth-order valence-corrected chi connectivity index (χ4v) is 2.77. The molecular weight excluding hydrogens is 334 g/mol. The third kappa shape index (κ3) is 4.62. The summed E-state index contributed by atoms with van der Waals surface area (Å²) in [6.07, 6.45) is 3.53. The van der Waals surface area contributed by atoms with Crippen molar-refractivity contribution in [2.45, 2.75) is 0 Å². The fourth-order valence-electron chi connectivity index (χ4n) is 2.77. The zero-order valence-corrected chi connectivity index (χ0v) is 14.3. The van der Waals surface area contributed by atoms with Gasteiger partial charge in [0.1, 0.15) is 6.54 Å². The number of nitrogens with zero attached hydrogens (tertiary/aromatic N) is 3. The maximum atomic E-state index is 12.4. The van der Waals surface area contributed by atoms with Gasteiger partial charge in [-0.05, 0) is 36.4 Å². The predicted molar refractivity (Wildman–Crippen MR) is 99.6 cm³/mol. The molecule has 8 heteroatoms. The standard InChI is InChI=1S/C18H21N5O3/c24-17(25)13-20-14-1-3-15(4-2-14)21-18(26)23-11-9-22(10-12-23)16-5-7-19-8-6-16/h1-8,20H,9-13H2,(H,21,26)(H,24,25). The van der Waals surface area contributed by atoms with Crippen LogP contribution < -0.4 is 15.5 Å². The summed E-state index contributed by atoms with van der Waals surface area (Å²) in [4.78, 5) is 31.0. The van der Waals surface area contributed by atoms with Gasteiger partial charge in [-0.2, -0.15) is 0 Å². The summed E-state index contributed by atoms with van der Waals surface area (Å²) in [5, 5.41) is 14.3. The van der Waals surface area contributed by atoms with Gasteiger partial charge in [-0.3, -0.25) is 9.78 Å². The number of nitrogens with one attached hydrogen (secondary N) is 2. The van der Waals surface area contributed by atoms with Crippen molar-refractivity contribution in [3.63, 3.8) is 0 Å². The number of anilines is 3. The first-order valence-electron chi connectivity index (χ1n) is 8.38. The fraction of sp³-hybridized carbons (Fsp3) is 0.278. The van der Waals surface area contributed by atoms with Crippen LogP contribution in [0.3, 0.4) is 0 Å².